The van der Waals surface area contributed by atoms with Crippen molar-refractivity contribution < 1.29 is 8.78 Å². The molecule has 0 fully saturated rings. The van der Waals surface area contributed by atoms with E-state index in [-0.39, 0.29) is 23.2 Å². The summed E-state index contributed by atoms with van der Waals surface area (Å²) >= 11 is 0. The zero-order valence-electron chi connectivity index (χ0n) is 12.6. The highest BCUT2D eigenvalue weighted by molar-refractivity contribution is 5.27. The van der Waals surface area contributed by atoms with Crippen LogP contribution in [0.3, 0.4) is 0 Å². The van der Waals surface area contributed by atoms with Crippen molar-refractivity contribution in [2.45, 2.75) is 39.7 Å². The fourth-order valence-electron chi connectivity index (χ4n) is 2.01. The molecule has 0 saturated heterocycles. The summed E-state index contributed by atoms with van der Waals surface area (Å²) in [5, 5.41) is 0. The standard InChI is InChI=1S/C16H25F2N/c1-12(9-10-19(5)16(2,3)4)14-8-6-7-13(17)11-15(14)18/h6-8,11-12,14H,9-10H2,1-5H3. The van der Waals surface area contributed by atoms with Gasteiger partial charge in [0, 0.05) is 17.5 Å². The third kappa shape index (κ3) is 4.90. The summed E-state index contributed by atoms with van der Waals surface area (Å²) in [5.74, 6) is -1.07. The quantitative estimate of drug-likeness (QED) is 0.719. The van der Waals surface area contributed by atoms with Crippen LogP contribution in [-0.2, 0) is 0 Å². The summed E-state index contributed by atoms with van der Waals surface area (Å²) in [7, 11) is 2.07. The van der Waals surface area contributed by atoms with Crippen molar-refractivity contribution in [2.75, 3.05) is 13.6 Å². The van der Waals surface area contributed by atoms with E-state index >= 15 is 0 Å². The van der Waals surface area contributed by atoms with Gasteiger partial charge in [0.05, 0.1) is 0 Å². The predicted molar refractivity (Wildman–Crippen MR) is 77.2 cm³/mol. The first-order chi connectivity index (χ1) is 8.71. The molecule has 0 saturated carbocycles. The summed E-state index contributed by atoms with van der Waals surface area (Å²) < 4.78 is 27.0. The van der Waals surface area contributed by atoms with E-state index in [1.54, 1.807) is 12.2 Å². The Morgan fingerprint density at radius 1 is 1.32 bits per heavy atom. The van der Waals surface area contributed by atoms with Crippen molar-refractivity contribution in [1.29, 1.82) is 0 Å². The molecule has 0 aliphatic heterocycles. The topological polar surface area (TPSA) is 3.24 Å². The Kier molecular flexibility index (Phi) is 5.48. The Morgan fingerprint density at radius 3 is 2.53 bits per heavy atom. The molecule has 3 heteroatoms. The molecule has 0 N–H and O–H groups in total. The highest BCUT2D eigenvalue weighted by Gasteiger charge is 2.23. The largest absolute Gasteiger partial charge is 0.302 e. The second kappa shape index (κ2) is 6.47. The van der Waals surface area contributed by atoms with Crippen LogP contribution < -0.4 is 0 Å². The molecule has 108 valence electrons. The number of nitrogens with zero attached hydrogens (tertiary/aromatic N) is 1. The Balaban J connectivity index is 2.60. The van der Waals surface area contributed by atoms with Crippen LogP contribution in [-0.4, -0.2) is 24.0 Å². The third-order valence-corrected chi connectivity index (χ3v) is 3.85. The molecule has 2 unspecified atom stereocenters. The first-order valence-electron chi connectivity index (χ1n) is 6.84. The third-order valence-electron chi connectivity index (χ3n) is 3.85. The average molecular weight is 269 g/mol. The number of allylic oxidation sites excluding steroid dienone is 6. The molecule has 0 bridgehead atoms. The highest BCUT2D eigenvalue weighted by Crippen LogP contribution is 2.29. The monoisotopic (exact) mass is 269 g/mol. The minimum absolute atomic E-state index is 0.112. The molecular weight excluding hydrogens is 244 g/mol. The highest BCUT2D eigenvalue weighted by atomic mass is 19.1. The summed E-state index contributed by atoms with van der Waals surface area (Å²) in [6.07, 6.45) is 6.53. The number of rotatable bonds is 4. The van der Waals surface area contributed by atoms with E-state index in [1.165, 1.54) is 6.08 Å². The molecule has 0 radical (unpaired) electrons. The molecule has 0 amide bonds. The maximum Gasteiger partial charge on any atom is 0.125 e. The van der Waals surface area contributed by atoms with Crippen molar-refractivity contribution in [2.24, 2.45) is 11.8 Å². The number of hydrogen-bond acceptors (Lipinski definition) is 1. The predicted octanol–water partition coefficient (Wildman–Crippen LogP) is 4.64. The second-order valence-corrected chi connectivity index (χ2v) is 6.35. The minimum Gasteiger partial charge on any atom is -0.302 e. The zero-order valence-corrected chi connectivity index (χ0v) is 12.6. The van der Waals surface area contributed by atoms with E-state index in [1.807, 2.05) is 6.92 Å². The van der Waals surface area contributed by atoms with Gasteiger partial charge in [0.2, 0.25) is 0 Å². The Labute approximate surface area is 115 Å². The van der Waals surface area contributed by atoms with Gasteiger partial charge in [-0.05, 0) is 52.8 Å². The Hall–Kier alpha value is -0.960. The molecule has 1 aliphatic rings. The van der Waals surface area contributed by atoms with Crippen LogP contribution in [0.5, 0.6) is 0 Å². The number of halogens is 2. The van der Waals surface area contributed by atoms with Crippen molar-refractivity contribution in [3.05, 3.63) is 36.0 Å². The lowest BCUT2D eigenvalue weighted by molar-refractivity contribution is 0.161. The molecule has 0 aromatic heterocycles. The summed E-state index contributed by atoms with van der Waals surface area (Å²) in [6, 6.07) is 0. The molecule has 0 aromatic rings. The van der Waals surface area contributed by atoms with Crippen molar-refractivity contribution in [3.63, 3.8) is 0 Å². The maximum atomic E-state index is 13.9. The van der Waals surface area contributed by atoms with Crippen LogP contribution in [0.25, 0.3) is 0 Å². The zero-order chi connectivity index (χ0) is 14.6. The molecular formula is C16H25F2N. The van der Waals surface area contributed by atoms with E-state index in [0.717, 1.165) is 19.0 Å². The van der Waals surface area contributed by atoms with E-state index in [9.17, 15) is 8.78 Å². The minimum atomic E-state index is -0.518. The van der Waals surface area contributed by atoms with Gasteiger partial charge in [-0.1, -0.05) is 19.1 Å². The van der Waals surface area contributed by atoms with Crippen LogP contribution >= 0.6 is 0 Å². The lowest BCUT2D eigenvalue weighted by Gasteiger charge is -2.33. The van der Waals surface area contributed by atoms with Gasteiger partial charge in [0.25, 0.3) is 0 Å². The first-order valence-corrected chi connectivity index (χ1v) is 6.84. The maximum absolute atomic E-state index is 13.9. The smallest absolute Gasteiger partial charge is 0.125 e. The fourth-order valence-corrected chi connectivity index (χ4v) is 2.01. The molecule has 19 heavy (non-hydrogen) atoms. The summed E-state index contributed by atoms with van der Waals surface area (Å²) in [5.41, 5.74) is 0.112. The lowest BCUT2D eigenvalue weighted by Crippen LogP contribution is -2.39. The molecule has 0 heterocycles. The Morgan fingerprint density at radius 2 is 1.95 bits per heavy atom. The van der Waals surface area contributed by atoms with Gasteiger partial charge >= 0.3 is 0 Å². The van der Waals surface area contributed by atoms with E-state index < -0.39 is 5.83 Å². The molecule has 1 nitrogen and oxygen atoms in total. The van der Waals surface area contributed by atoms with E-state index in [0.29, 0.717) is 0 Å². The summed E-state index contributed by atoms with van der Waals surface area (Å²) in [4.78, 5) is 2.25. The van der Waals surface area contributed by atoms with Crippen molar-refractivity contribution >= 4 is 0 Å². The van der Waals surface area contributed by atoms with Crippen molar-refractivity contribution in [1.82, 2.24) is 4.90 Å². The number of hydrogen-bond donors (Lipinski definition) is 0. The van der Waals surface area contributed by atoms with E-state index in [4.69, 9.17) is 0 Å². The van der Waals surface area contributed by atoms with Gasteiger partial charge in [-0.3, -0.25) is 0 Å². The molecule has 1 rings (SSSR count). The summed E-state index contributed by atoms with van der Waals surface area (Å²) in [6.45, 7) is 9.38. The Bertz CT molecular complexity index is 388. The van der Waals surface area contributed by atoms with Gasteiger partial charge in [-0.2, -0.15) is 0 Å². The van der Waals surface area contributed by atoms with E-state index in [2.05, 4.69) is 32.7 Å². The first kappa shape index (κ1) is 16.1. The van der Waals surface area contributed by atoms with Gasteiger partial charge < -0.3 is 4.90 Å². The molecule has 2 atom stereocenters. The molecule has 0 spiro atoms. The second-order valence-electron chi connectivity index (χ2n) is 6.35. The molecule has 1 aliphatic carbocycles. The SMILES string of the molecule is CC(CCN(C)C(C)(C)C)C1C=CC=C(F)C=C1F. The molecule has 0 aromatic carbocycles. The average Bonchev–Trinajstić information content (AvgIpc) is 2.45. The fraction of sp³-hybridized carbons (Fsp3) is 0.625. The normalized spacial score (nSPS) is 22.0. The van der Waals surface area contributed by atoms with Crippen LogP contribution in [0.15, 0.2) is 36.0 Å². The van der Waals surface area contributed by atoms with Gasteiger partial charge in [0.15, 0.2) is 0 Å². The van der Waals surface area contributed by atoms with Crippen molar-refractivity contribution in [3.8, 4) is 0 Å². The van der Waals surface area contributed by atoms with Crippen LogP contribution in [0.4, 0.5) is 8.78 Å². The van der Waals surface area contributed by atoms with Crippen LogP contribution in [0.2, 0.25) is 0 Å². The van der Waals surface area contributed by atoms with Gasteiger partial charge in [-0.15, -0.1) is 0 Å². The van der Waals surface area contributed by atoms with Crippen LogP contribution in [0, 0.1) is 11.8 Å². The van der Waals surface area contributed by atoms with Crippen LogP contribution in [0.1, 0.15) is 34.1 Å². The lowest BCUT2D eigenvalue weighted by atomic mass is 9.89. The van der Waals surface area contributed by atoms with Gasteiger partial charge in [-0.25, -0.2) is 8.78 Å². The van der Waals surface area contributed by atoms with Gasteiger partial charge in [0.1, 0.15) is 11.7 Å².